The summed E-state index contributed by atoms with van der Waals surface area (Å²) in [5.74, 6) is 0. The van der Waals surface area contributed by atoms with Gasteiger partial charge < -0.3 is 0 Å². The van der Waals surface area contributed by atoms with Gasteiger partial charge in [-0.2, -0.15) is 0 Å². The third-order valence-corrected chi connectivity index (χ3v) is 10.0. The van der Waals surface area contributed by atoms with E-state index in [4.69, 9.17) is 19.9 Å². The van der Waals surface area contributed by atoms with Crippen molar-refractivity contribution in [2.45, 2.75) is 58.5 Å². The van der Waals surface area contributed by atoms with Crippen LogP contribution in [-0.2, 0) is 5.41 Å². The minimum Gasteiger partial charge on any atom is -0.265 e. The van der Waals surface area contributed by atoms with Crippen LogP contribution in [0.5, 0.6) is 0 Å². The molecule has 0 fully saturated rings. The number of pyridine rings is 4. The summed E-state index contributed by atoms with van der Waals surface area (Å²) in [6, 6.07) is 20.9. The van der Waals surface area contributed by atoms with Gasteiger partial charge in [-0.25, -0.2) is 0 Å². The summed E-state index contributed by atoms with van der Waals surface area (Å²) in [4.78, 5) is 19.8. The van der Waals surface area contributed by atoms with Gasteiger partial charge in [0.15, 0.2) is 0 Å². The topological polar surface area (TPSA) is 51.6 Å². The number of hydrogen-bond acceptors (Lipinski definition) is 4. The molecule has 0 atom stereocenters. The van der Waals surface area contributed by atoms with Gasteiger partial charge in [0.05, 0.1) is 22.8 Å². The highest BCUT2D eigenvalue weighted by molar-refractivity contribution is 6.89. The molecule has 35 heavy (non-hydrogen) atoms. The van der Waals surface area contributed by atoms with E-state index in [1.807, 2.05) is 24.5 Å². The number of rotatable bonds is 6. The molecule has 4 heterocycles. The fourth-order valence-corrected chi connectivity index (χ4v) is 7.38. The molecule has 4 aromatic rings. The molecule has 6 heteroatoms. The maximum absolute atomic E-state index is 5.16. The van der Waals surface area contributed by atoms with Crippen LogP contribution in [0.4, 0.5) is 0 Å². The van der Waals surface area contributed by atoms with E-state index in [0.717, 1.165) is 33.9 Å². The molecule has 0 aromatic carbocycles. The first kappa shape index (κ1) is 25.1. The van der Waals surface area contributed by atoms with Crippen molar-refractivity contribution in [3.8, 4) is 22.5 Å². The van der Waals surface area contributed by atoms with Gasteiger partial charge in [-0.05, 0) is 62.4 Å². The van der Waals surface area contributed by atoms with E-state index < -0.39 is 16.1 Å². The molecule has 0 aliphatic rings. The smallest absolute Gasteiger partial charge is 0.102 e. The zero-order valence-electron chi connectivity index (χ0n) is 22.2. The van der Waals surface area contributed by atoms with Crippen molar-refractivity contribution in [3.05, 3.63) is 84.4 Å². The minimum absolute atomic E-state index is 0.366. The summed E-state index contributed by atoms with van der Waals surface area (Å²) in [5, 5.41) is 2.39. The quantitative estimate of drug-likeness (QED) is 0.306. The Bertz CT molecular complexity index is 1250. The number of nitrogens with zero attached hydrogens (tertiary/aromatic N) is 4. The van der Waals surface area contributed by atoms with Gasteiger partial charge in [-0.15, -0.1) is 0 Å². The molecule has 0 aliphatic heterocycles. The lowest BCUT2D eigenvalue weighted by Crippen LogP contribution is -2.41. The molecule has 180 valence electrons. The summed E-state index contributed by atoms with van der Waals surface area (Å²) in [5.41, 5.74) is 5.87. The zero-order valence-corrected chi connectivity index (χ0v) is 24.2. The molecule has 0 bridgehead atoms. The highest BCUT2D eigenvalue weighted by atomic mass is 28.3. The first-order valence-corrected chi connectivity index (χ1v) is 19.3. The minimum atomic E-state index is -1.62. The van der Waals surface area contributed by atoms with Crippen molar-refractivity contribution in [2.75, 3.05) is 0 Å². The zero-order chi connectivity index (χ0) is 25.4. The summed E-state index contributed by atoms with van der Waals surface area (Å²) in [7, 11) is -3.24. The van der Waals surface area contributed by atoms with E-state index >= 15 is 0 Å². The summed E-state index contributed by atoms with van der Waals surface area (Å²) >= 11 is 0. The predicted octanol–water partition coefficient (Wildman–Crippen LogP) is 6.02. The van der Waals surface area contributed by atoms with Gasteiger partial charge in [0, 0.05) is 39.6 Å². The molecule has 4 nitrogen and oxygen atoms in total. The fraction of sp³-hybridized carbons (Fsp3) is 0.310. The van der Waals surface area contributed by atoms with Gasteiger partial charge in [-0.3, -0.25) is 19.9 Å². The lowest BCUT2D eigenvalue weighted by Gasteiger charge is -2.26. The molecule has 0 unspecified atom stereocenters. The van der Waals surface area contributed by atoms with Crippen LogP contribution in [0.1, 0.15) is 25.2 Å². The van der Waals surface area contributed by atoms with Crippen molar-refractivity contribution < 1.29 is 0 Å². The monoisotopic (exact) mass is 496 g/mol. The highest BCUT2D eigenvalue weighted by Crippen LogP contribution is 2.32. The molecule has 4 aromatic heterocycles. The summed E-state index contributed by atoms with van der Waals surface area (Å²) < 4.78 is 0. The molecule has 0 aliphatic carbocycles. The SMILES string of the molecule is CC(C)(c1cccc(-c2cccnc2[Si](C)(C)C)n1)c1cccc(-c2cccnc2[Si](C)(C)C)n1. The Balaban J connectivity index is 1.79. The van der Waals surface area contributed by atoms with Gasteiger partial charge in [0.2, 0.25) is 0 Å². The van der Waals surface area contributed by atoms with E-state index in [1.165, 1.54) is 10.6 Å². The molecular formula is C29H36N4Si2. The molecule has 0 amide bonds. The maximum Gasteiger partial charge on any atom is 0.102 e. The third kappa shape index (κ3) is 5.18. The Morgan fingerprint density at radius 2 is 0.943 bits per heavy atom. The second kappa shape index (κ2) is 9.24. The van der Waals surface area contributed by atoms with Crippen molar-refractivity contribution >= 4 is 26.8 Å². The van der Waals surface area contributed by atoms with E-state index in [0.29, 0.717) is 0 Å². The van der Waals surface area contributed by atoms with Gasteiger partial charge >= 0.3 is 0 Å². The van der Waals surface area contributed by atoms with Crippen LogP contribution in [0.25, 0.3) is 22.5 Å². The average molecular weight is 497 g/mol. The van der Waals surface area contributed by atoms with Crippen molar-refractivity contribution in [2.24, 2.45) is 0 Å². The average Bonchev–Trinajstić information content (AvgIpc) is 2.83. The third-order valence-electron chi connectivity index (χ3n) is 6.37. The molecule has 0 saturated carbocycles. The Morgan fingerprint density at radius 3 is 1.31 bits per heavy atom. The lowest BCUT2D eigenvalue weighted by molar-refractivity contribution is 0.597. The van der Waals surface area contributed by atoms with Crippen LogP contribution in [0.3, 0.4) is 0 Å². The largest absolute Gasteiger partial charge is 0.265 e. The number of hydrogen-bond donors (Lipinski definition) is 0. The van der Waals surface area contributed by atoms with Crippen LogP contribution >= 0.6 is 0 Å². The van der Waals surface area contributed by atoms with Crippen LogP contribution in [0, 0.1) is 0 Å². The highest BCUT2D eigenvalue weighted by Gasteiger charge is 2.29. The second-order valence-electron chi connectivity index (χ2n) is 11.7. The van der Waals surface area contributed by atoms with Crippen LogP contribution in [0.2, 0.25) is 39.3 Å². The standard InChI is InChI=1S/C29H36N4Si2/c1-29(2,25-17-9-15-23(32-25)21-13-11-19-30-27(21)34(3,4)5)26-18-10-16-24(33-26)22-14-12-20-31-28(22)35(6,7)8/h9-20H,1-8H3. The second-order valence-corrected chi connectivity index (χ2v) is 21.7. The Morgan fingerprint density at radius 1 is 0.543 bits per heavy atom. The lowest BCUT2D eigenvalue weighted by atomic mass is 9.84. The number of aromatic nitrogens is 4. The molecule has 0 spiro atoms. The molecule has 0 N–H and O–H groups in total. The van der Waals surface area contributed by atoms with Gasteiger partial charge in [-0.1, -0.05) is 51.4 Å². The van der Waals surface area contributed by atoms with Crippen molar-refractivity contribution in [1.29, 1.82) is 0 Å². The predicted molar refractivity (Wildman–Crippen MR) is 153 cm³/mol. The van der Waals surface area contributed by atoms with E-state index in [2.05, 4.69) is 102 Å². The Kier molecular flexibility index (Phi) is 6.64. The molecule has 4 rings (SSSR count). The molecule has 0 saturated heterocycles. The molecule has 0 radical (unpaired) electrons. The Hall–Kier alpha value is -2.97. The summed E-state index contributed by atoms with van der Waals surface area (Å²) in [6.07, 6.45) is 3.79. The fourth-order valence-electron chi connectivity index (χ4n) is 4.42. The van der Waals surface area contributed by atoms with E-state index in [9.17, 15) is 0 Å². The first-order valence-electron chi connectivity index (χ1n) is 12.3. The normalized spacial score (nSPS) is 12.6. The van der Waals surface area contributed by atoms with Gasteiger partial charge in [0.1, 0.15) is 16.1 Å². The van der Waals surface area contributed by atoms with Crippen LogP contribution < -0.4 is 10.6 Å². The summed E-state index contributed by atoms with van der Waals surface area (Å²) in [6.45, 7) is 18.4. The van der Waals surface area contributed by atoms with Crippen molar-refractivity contribution in [1.82, 2.24) is 19.9 Å². The van der Waals surface area contributed by atoms with Crippen molar-refractivity contribution in [3.63, 3.8) is 0 Å². The van der Waals surface area contributed by atoms with E-state index in [1.54, 1.807) is 0 Å². The molecular weight excluding hydrogens is 461 g/mol. The van der Waals surface area contributed by atoms with E-state index in [-0.39, 0.29) is 5.41 Å². The van der Waals surface area contributed by atoms with Crippen LogP contribution in [-0.4, -0.2) is 36.1 Å². The first-order chi connectivity index (χ1) is 16.4. The maximum atomic E-state index is 5.16. The van der Waals surface area contributed by atoms with Gasteiger partial charge in [0.25, 0.3) is 0 Å². The Labute approximate surface area is 212 Å². The van der Waals surface area contributed by atoms with Crippen LogP contribution in [0.15, 0.2) is 73.1 Å².